The minimum Gasteiger partial charge on any atom is -0.505 e. The van der Waals surface area contributed by atoms with Crippen LogP contribution < -0.4 is 10.1 Å². The van der Waals surface area contributed by atoms with Crippen LogP contribution in [0.1, 0.15) is 15.9 Å². The molecular formula is C25H19Cl2N3O6S. The van der Waals surface area contributed by atoms with Gasteiger partial charge in [0.15, 0.2) is 5.75 Å². The van der Waals surface area contributed by atoms with E-state index in [1.165, 1.54) is 38.3 Å². The van der Waals surface area contributed by atoms with Crippen molar-refractivity contribution < 1.29 is 27.6 Å². The number of halogens is 2. The molecule has 0 atom stereocenters. The Kier molecular flexibility index (Phi) is 7.37. The SMILES string of the molecule is COc1ccc(NC(=O)c2cc3ccccc3c(N=Nc3cc(Cl)cc(C)c3S(=O)(=O)O)c2O)c(Cl)c1. The van der Waals surface area contributed by atoms with E-state index in [1.54, 1.807) is 36.4 Å². The molecule has 0 heterocycles. The summed E-state index contributed by atoms with van der Waals surface area (Å²) in [6, 6.07) is 15.5. The Morgan fingerprint density at radius 2 is 1.76 bits per heavy atom. The van der Waals surface area contributed by atoms with Crippen molar-refractivity contribution in [3.05, 3.63) is 81.8 Å². The second-order valence-electron chi connectivity index (χ2n) is 7.89. The molecule has 4 rings (SSSR count). The summed E-state index contributed by atoms with van der Waals surface area (Å²) < 4.78 is 38.7. The maximum absolute atomic E-state index is 13.1. The first kappa shape index (κ1) is 26.4. The quantitative estimate of drug-likeness (QED) is 0.170. The van der Waals surface area contributed by atoms with Crippen LogP contribution in [0.4, 0.5) is 17.1 Å². The third-order valence-electron chi connectivity index (χ3n) is 5.40. The van der Waals surface area contributed by atoms with E-state index in [0.717, 1.165) is 0 Å². The van der Waals surface area contributed by atoms with E-state index >= 15 is 0 Å². The lowest BCUT2D eigenvalue weighted by molar-refractivity contribution is 0.102. The summed E-state index contributed by atoms with van der Waals surface area (Å²) in [7, 11) is -3.18. The van der Waals surface area contributed by atoms with E-state index in [2.05, 4.69) is 15.5 Å². The standard InChI is InChI=1S/C25H19Cl2N3O6S/c1-13-9-15(26)11-21(24(13)37(33,34)35)29-30-22-17-6-4-3-5-14(17)10-18(23(22)31)25(32)28-20-8-7-16(36-2)12-19(20)27/h3-12,31H,1-2H3,(H,28,32)(H,33,34,35). The summed E-state index contributed by atoms with van der Waals surface area (Å²) in [6.07, 6.45) is 0. The topological polar surface area (TPSA) is 138 Å². The number of hydrogen-bond donors (Lipinski definition) is 3. The normalized spacial score (nSPS) is 11.7. The molecule has 9 nitrogen and oxygen atoms in total. The Labute approximate surface area is 222 Å². The fourth-order valence-corrected chi connectivity index (χ4v) is 5.05. The number of aryl methyl sites for hydroxylation is 1. The van der Waals surface area contributed by atoms with Crippen LogP contribution in [0.25, 0.3) is 10.8 Å². The van der Waals surface area contributed by atoms with Crippen LogP contribution in [-0.4, -0.2) is 31.1 Å². The number of carbonyl (C=O) groups is 1. The maximum atomic E-state index is 13.1. The van der Waals surface area contributed by atoms with Gasteiger partial charge in [0.1, 0.15) is 22.0 Å². The van der Waals surface area contributed by atoms with Gasteiger partial charge in [-0.2, -0.15) is 8.42 Å². The average Bonchev–Trinajstić information content (AvgIpc) is 2.83. The number of azo groups is 1. The maximum Gasteiger partial charge on any atom is 0.297 e. The van der Waals surface area contributed by atoms with Crippen molar-refractivity contribution in [1.29, 1.82) is 0 Å². The van der Waals surface area contributed by atoms with E-state index < -0.39 is 26.7 Å². The number of amides is 1. The predicted molar refractivity (Wildman–Crippen MR) is 142 cm³/mol. The van der Waals surface area contributed by atoms with Gasteiger partial charge in [-0.05, 0) is 48.2 Å². The second-order valence-corrected chi connectivity index (χ2v) is 10.1. The molecule has 0 spiro atoms. The van der Waals surface area contributed by atoms with Gasteiger partial charge in [-0.25, -0.2) is 0 Å². The molecule has 1 amide bonds. The average molecular weight is 560 g/mol. The Hall–Kier alpha value is -3.70. The van der Waals surface area contributed by atoms with Gasteiger partial charge >= 0.3 is 0 Å². The first-order valence-electron chi connectivity index (χ1n) is 10.6. The molecule has 190 valence electrons. The Morgan fingerprint density at radius 1 is 1.03 bits per heavy atom. The molecule has 0 radical (unpaired) electrons. The summed E-state index contributed by atoms with van der Waals surface area (Å²) in [6.45, 7) is 1.44. The van der Waals surface area contributed by atoms with Crippen LogP contribution in [0.15, 0.2) is 75.8 Å². The monoisotopic (exact) mass is 559 g/mol. The van der Waals surface area contributed by atoms with Crippen molar-refractivity contribution in [2.45, 2.75) is 11.8 Å². The Balaban J connectivity index is 1.83. The smallest absolute Gasteiger partial charge is 0.297 e. The number of benzene rings is 4. The summed E-state index contributed by atoms with van der Waals surface area (Å²) in [4.78, 5) is 12.6. The number of carbonyl (C=O) groups excluding carboxylic acids is 1. The zero-order chi connectivity index (χ0) is 26.9. The molecule has 0 aliphatic heterocycles. The first-order chi connectivity index (χ1) is 17.5. The van der Waals surface area contributed by atoms with Gasteiger partial charge in [0.2, 0.25) is 0 Å². The highest BCUT2D eigenvalue weighted by Crippen LogP contribution is 2.41. The van der Waals surface area contributed by atoms with E-state index in [1.807, 2.05) is 0 Å². The third-order valence-corrected chi connectivity index (χ3v) is 6.98. The molecule has 0 saturated heterocycles. The largest absolute Gasteiger partial charge is 0.505 e. The lowest BCUT2D eigenvalue weighted by Gasteiger charge is -2.12. The van der Waals surface area contributed by atoms with Crippen LogP contribution in [0, 0.1) is 6.92 Å². The first-order valence-corrected chi connectivity index (χ1v) is 12.8. The van der Waals surface area contributed by atoms with Gasteiger partial charge in [-0.3, -0.25) is 9.35 Å². The van der Waals surface area contributed by atoms with Gasteiger partial charge in [0.05, 0.1) is 23.4 Å². The fraction of sp³-hybridized carbons (Fsp3) is 0.0800. The molecule has 0 aromatic heterocycles. The Morgan fingerprint density at radius 3 is 2.43 bits per heavy atom. The second kappa shape index (κ2) is 10.3. The summed E-state index contributed by atoms with van der Waals surface area (Å²) in [5.74, 6) is -0.680. The highest BCUT2D eigenvalue weighted by molar-refractivity contribution is 7.86. The number of phenolic OH excluding ortho intramolecular Hbond substituents is 1. The summed E-state index contributed by atoms with van der Waals surface area (Å²) in [5, 5.41) is 23.1. The van der Waals surface area contributed by atoms with Gasteiger partial charge in [-0.1, -0.05) is 47.5 Å². The van der Waals surface area contributed by atoms with E-state index in [9.17, 15) is 22.9 Å². The highest BCUT2D eigenvalue weighted by Gasteiger charge is 2.22. The molecule has 0 saturated carbocycles. The molecule has 37 heavy (non-hydrogen) atoms. The van der Waals surface area contributed by atoms with Gasteiger partial charge in [-0.15, -0.1) is 10.2 Å². The van der Waals surface area contributed by atoms with Gasteiger partial charge in [0.25, 0.3) is 16.0 Å². The van der Waals surface area contributed by atoms with E-state index in [4.69, 9.17) is 27.9 Å². The zero-order valence-corrected chi connectivity index (χ0v) is 21.7. The minimum atomic E-state index is -4.66. The number of aromatic hydroxyl groups is 1. The van der Waals surface area contributed by atoms with Crippen molar-refractivity contribution >= 4 is 67.1 Å². The van der Waals surface area contributed by atoms with Crippen molar-refractivity contribution in [2.24, 2.45) is 10.2 Å². The predicted octanol–water partition coefficient (Wildman–Crippen LogP) is 7.08. The van der Waals surface area contributed by atoms with Crippen LogP contribution in [0.3, 0.4) is 0 Å². The van der Waals surface area contributed by atoms with Crippen LogP contribution in [0.5, 0.6) is 11.5 Å². The summed E-state index contributed by atoms with van der Waals surface area (Å²) >= 11 is 12.3. The Bertz CT molecular complexity index is 1690. The number of rotatable bonds is 6. The van der Waals surface area contributed by atoms with Crippen molar-refractivity contribution in [2.75, 3.05) is 12.4 Å². The van der Waals surface area contributed by atoms with Gasteiger partial charge < -0.3 is 15.2 Å². The third kappa shape index (κ3) is 5.52. The van der Waals surface area contributed by atoms with Crippen molar-refractivity contribution in [1.82, 2.24) is 0 Å². The molecule has 4 aromatic rings. The number of hydrogen-bond acceptors (Lipinski definition) is 7. The molecule has 3 N–H and O–H groups in total. The molecule has 0 aliphatic carbocycles. The van der Waals surface area contributed by atoms with Crippen LogP contribution >= 0.6 is 23.2 Å². The fourth-order valence-electron chi connectivity index (χ4n) is 3.73. The molecule has 0 fully saturated rings. The molecule has 0 bridgehead atoms. The number of fused-ring (bicyclic) bond motifs is 1. The molecule has 12 heteroatoms. The minimum absolute atomic E-state index is 0.0944. The summed E-state index contributed by atoms with van der Waals surface area (Å²) in [5.41, 5.74) is -0.0198. The number of anilines is 1. The van der Waals surface area contributed by atoms with E-state index in [-0.39, 0.29) is 38.2 Å². The number of phenols is 1. The lowest BCUT2D eigenvalue weighted by atomic mass is 10.0. The zero-order valence-electron chi connectivity index (χ0n) is 19.4. The van der Waals surface area contributed by atoms with Crippen LogP contribution in [-0.2, 0) is 10.1 Å². The molecule has 0 unspecified atom stereocenters. The van der Waals surface area contributed by atoms with Crippen molar-refractivity contribution in [3.8, 4) is 11.5 Å². The number of nitrogens with zero attached hydrogens (tertiary/aromatic N) is 2. The molecule has 4 aromatic carbocycles. The van der Waals surface area contributed by atoms with Crippen molar-refractivity contribution in [3.63, 3.8) is 0 Å². The van der Waals surface area contributed by atoms with Crippen LogP contribution in [0.2, 0.25) is 10.0 Å². The van der Waals surface area contributed by atoms with E-state index in [0.29, 0.717) is 16.5 Å². The molecule has 0 aliphatic rings. The number of methoxy groups -OCH3 is 1. The number of nitrogens with one attached hydrogen (secondary N) is 1. The number of ether oxygens (including phenoxy) is 1. The molecular weight excluding hydrogens is 541 g/mol. The van der Waals surface area contributed by atoms with Gasteiger partial charge in [0, 0.05) is 16.5 Å². The highest BCUT2D eigenvalue weighted by atomic mass is 35.5. The lowest BCUT2D eigenvalue weighted by Crippen LogP contribution is -2.12.